The second kappa shape index (κ2) is 7.68. The number of hydrogen-bond donors (Lipinski definition) is 0. The minimum Gasteiger partial charge on any atom is -0.870 e. The van der Waals surface area contributed by atoms with Crippen molar-refractivity contribution in [2.45, 2.75) is 24.2 Å². The largest absolute Gasteiger partial charge is 0.870 e. The van der Waals surface area contributed by atoms with E-state index in [4.69, 9.17) is 0 Å². The van der Waals surface area contributed by atoms with Gasteiger partial charge >= 0.3 is 46.7 Å². The van der Waals surface area contributed by atoms with Crippen LogP contribution in [0.5, 0.6) is 0 Å². The second-order valence-electron chi connectivity index (χ2n) is 2.25. The van der Waals surface area contributed by atoms with E-state index in [0.717, 1.165) is 0 Å². The van der Waals surface area contributed by atoms with Gasteiger partial charge in [0.25, 0.3) is 0 Å². The van der Waals surface area contributed by atoms with E-state index in [1.54, 1.807) is 22.5 Å². The summed E-state index contributed by atoms with van der Waals surface area (Å²) in [6.45, 7) is 6.68. The molecule has 0 atom stereocenters. The van der Waals surface area contributed by atoms with Crippen molar-refractivity contribution in [3.8, 4) is 0 Å². The van der Waals surface area contributed by atoms with Crippen LogP contribution in [-0.2, 0) is 0 Å². The third-order valence-corrected chi connectivity index (χ3v) is 0. The molecule has 0 aromatic rings. The Morgan fingerprint density at radius 3 is 0.875 bits per heavy atom. The fraction of sp³-hybridized carbons (Fsp3) is 1.00. The summed E-state index contributed by atoms with van der Waals surface area (Å²) in [6, 6.07) is 0. The maximum Gasteiger partial charge on any atom is -0.870 e. The molecule has 3 N–H and O–H groups in total. The van der Waals surface area contributed by atoms with Gasteiger partial charge in [0.2, 0.25) is 0 Å². The molecule has 0 rings (SSSR count). The maximum atomic E-state index is 2.23. The van der Waals surface area contributed by atoms with Gasteiger partial charge < -0.3 is 16.4 Å². The van der Waals surface area contributed by atoms with Crippen molar-refractivity contribution in [3.05, 3.63) is 0 Å². The summed E-state index contributed by atoms with van der Waals surface area (Å²) in [5, 5.41) is 0. The van der Waals surface area contributed by atoms with Crippen molar-refractivity contribution in [1.29, 1.82) is 0 Å². The Labute approximate surface area is 63.5 Å². The first-order valence-electron chi connectivity index (χ1n) is 1.75. The third-order valence-electron chi connectivity index (χ3n) is 0. The molecular formula is C4H12O3Sn. The summed E-state index contributed by atoms with van der Waals surface area (Å²) in [6.07, 6.45) is 0. The molecule has 0 heterocycles. The van der Waals surface area contributed by atoms with Gasteiger partial charge in [-0.1, -0.05) is 0 Å². The Bertz CT molecular complexity index is 26.8. The molecule has 0 fully saturated rings. The van der Waals surface area contributed by atoms with Crippen LogP contribution in [0.3, 0.4) is 0 Å². The molecule has 0 bridgehead atoms. The van der Waals surface area contributed by atoms with Crippen LogP contribution >= 0.6 is 0 Å². The van der Waals surface area contributed by atoms with Crippen LogP contribution < -0.4 is 0 Å². The van der Waals surface area contributed by atoms with Crippen molar-refractivity contribution >= 4 is 22.5 Å². The van der Waals surface area contributed by atoms with Crippen LogP contribution in [0.15, 0.2) is 0 Å². The predicted octanol–water partition coefficient (Wildman–Crippen LogP) is 0.843. The molecule has 8 heavy (non-hydrogen) atoms. The zero-order valence-electron chi connectivity index (χ0n) is 5.34. The van der Waals surface area contributed by atoms with E-state index >= 15 is 0 Å². The molecule has 0 aromatic heterocycles. The average Bonchev–Trinajstić information content (AvgIpc) is 0.722. The summed E-state index contributed by atoms with van der Waals surface area (Å²) in [5.74, 6) is 0. The second-order valence-corrected chi connectivity index (χ2v) is 6.53. The fourth-order valence-electron chi connectivity index (χ4n) is 0. The van der Waals surface area contributed by atoms with E-state index in [2.05, 4.69) is 20.8 Å². The Morgan fingerprint density at radius 2 is 0.875 bits per heavy atom. The molecule has 4 heteroatoms. The van der Waals surface area contributed by atoms with Gasteiger partial charge in [-0.25, -0.2) is 0 Å². The van der Waals surface area contributed by atoms with Crippen molar-refractivity contribution in [1.82, 2.24) is 0 Å². The first-order chi connectivity index (χ1) is 2.00. The zero-order chi connectivity index (χ0) is 4.50. The molecule has 3 nitrogen and oxygen atoms in total. The first kappa shape index (κ1) is 23.4. The normalized spacial score (nSPS) is 7.62. The standard InChI is InChI=1S/C4H9.3H2O.Sn/c1-4(2)3;;;;/h1-3H3;3*1H2;/q;;;;+3/p-3. The molecule has 0 aliphatic rings. The van der Waals surface area contributed by atoms with Crippen LogP contribution in [0, 0.1) is 0 Å². The van der Waals surface area contributed by atoms with E-state index < -0.39 is 0 Å². The van der Waals surface area contributed by atoms with Gasteiger partial charge in [0.1, 0.15) is 0 Å². The van der Waals surface area contributed by atoms with Gasteiger partial charge in [-0.05, 0) is 0 Å². The topological polar surface area (TPSA) is 90.0 Å². The molecule has 0 radical (unpaired) electrons. The fourth-order valence-corrected chi connectivity index (χ4v) is 0. The SMILES string of the molecule is C[C](C)(C)[Sn+3].[OH-].[OH-].[OH-]. The average molecular weight is 227 g/mol. The molecular weight excluding hydrogens is 215 g/mol. The Morgan fingerprint density at radius 1 is 0.875 bits per heavy atom. The molecule has 0 amide bonds. The van der Waals surface area contributed by atoms with Crippen molar-refractivity contribution in [3.63, 3.8) is 0 Å². The van der Waals surface area contributed by atoms with E-state index in [1.807, 2.05) is 0 Å². The van der Waals surface area contributed by atoms with Gasteiger partial charge in [-0.2, -0.15) is 0 Å². The predicted molar refractivity (Wildman–Crippen MR) is 31.3 cm³/mol. The molecule has 0 saturated heterocycles. The van der Waals surface area contributed by atoms with Crippen LogP contribution in [0.25, 0.3) is 0 Å². The van der Waals surface area contributed by atoms with Crippen LogP contribution in [-0.4, -0.2) is 39.0 Å². The van der Waals surface area contributed by atoms with Crippen molar-refractivity contribution in [2.75, 3.05) is 0 Å². The molecule has 0 aliphatic carbocycles. The van der Waals surface area contributed by atoms with E-state index in [-0.39, 0.29) is 16.4 Å². The van der Waals surface area contributed by atoms with E-state index in [9.17, 15) is 0 Å². The van der Waals surface area contributed by atoms with E-state index in [1.165, 1.54) is 0 Å². The van der Waals surface area contributed by atoms with Crippen LogP contribution in [0.4, 0.5) is 0 Å². The minimum absolute atomic E-state index is 0. The number of rotatable bonds is 0. The quantitative estimate of drug-likeness (QED) is 0.574. The van der Waals surface area contributed by atoms with Gasteiger partial charge in [0.05, 0.1) is 0 Å². The molecule has 0 spiro atoms. The zero-order valence-corrected chi connectivity index (χ0v) is 8.20. The Kier molecular flexibility index (Phi) is 22.4. The van der Waals surface area contributed by atoms with E-state index in [0.29, 0.717) is 3.43 Å². The molecule has 0 aliphatic heterocycles. The molecule has 50 valence electrons. The minimum atomic E-state index is 0. The van der Waals surface area contributed by atoms with Crippen LogP contribution in [0.2, 0.25) is 3.43 Å². The van der Waals surface area contributed by atoms with Crippen molar-refractivity contribution < 1.29 is 16.4 Å². The Balaban J connectivity index is -0.0000000267. The molecule has 0 saturated carbocycles. The summed E-state index contributed by atoms with van der Waals surface area (Å²) >= 11 is 1.62. The summed E-state index contributed by atoms with van der Waals surface area (Å²) in [5.41, 5.74) is 0. The smallest absolute Gasteiger partial charge is 0.870 e. The van der Waals surface area contributed by atoms with Gasteiger partial charge in [-0.3, -0.25) is 0 Å². The van der Waals surface area contributed by atoms with Gasteiger partial charge in [0.15, 0.2) is 0 Å². The van der Waals surface area contributed by atoms with Gasteiger partial charge in [0, 0.05) is 0 Å². The molecule has 0 unspecified atom stereocenters. The third kappa shape index (κ3) is 468. The molecule has 0 aromatic carbocycles. The first-order valence-corrected chi connectivity index (χ1v) is 3.18. The Hall–Kier alpha value is 0.679. The summed E-state index contributed by atoms with van der Waals surface area (Å²) in [7, 11) is 0. The number of hydrogen-bond acceptors (Lipinski definition) is 3. The monoisotopic (exact) mass is 228 g/mol. The summed E-state index contributed by atoms with van der Waals surface area (Å²) < 4.78 is 0.590. The summed E-state index contributed by atoms with van der Waals surface area (Å²) in [4.78, 5) is 0. The maximum absolute atomic E-state index is 2.23. The van der Waals surface area contributed by atoms with Crippen LogP contribution in [0.1, 0.15) is 20.8 Å². The van der Waals surface area contributed by atoms with Crippen molar-refractivity contribution in [2.24, 2.45) is 0 Å². The van der Waals surface area contributed by atoms with Gasteiger partial charge in [-0.15, -0.1) is 0 Å².